The Morgan fingerprint density at radius 1 is 1.36 bits per heavy atom. The van der Waals surface area contributed by atoms with E-state index < -0.39 is 9.84 Å². The molecule has 0 aliphatic heterocycles. The fourth-order valence-electron chi connectivity index (χ4n) is 1.34. The van der Waals surface area contributed by atoms with Crippen molar-refractivity contribution in [1.29, 1.82) is 0 Å². The molecule has 1 unspecified atom stereocenters. The second kappa shape index (κ2) is 3.71. The van der Waals surface area contributed by atoms with Crippen molar-refractivity contribution < 1.29 is 8.42 Å². The normalized spacial score (nSPS) is 14.0. The van der Waals surface area contributed by atoms with E-state index in [2.05, 4.69) is 0 Å². The number of hydrogen-bond donors (Lipinski definition) is 1. The van der Waals surface area contributed by atoms with Crippen molar-refractivity contribution in [3.63, 3.8) is 0 Å². The Labute approximate surface area is 84.9 Å². The number of benzene rings is 1. The number of sulfone groups is 1. The van der Waals surface area contributed by atoms with Crippen molar-refractivity contribution in [3.05, 3.63) is 29.3 Å². The first-order valence-corrected chi connectivity index (χ1v) is 6.27. The molecule has 1 aromatic carbocycles. The van der Waals surface area contributed by atoms with Gasteiger partial charge in [0.25, 0.3) is 0 Å². The third kappa shape index (κ3) is 2.33. The lowest BCUT2D eigenvalue weighted by atomic mass is 10.0. The van der Waals surface area contributed by atoms with E-state index >= 15 is 0 Å². The van der Waals surface area contributed by atoms with Gasteiger partial charge in [-0.05, 0) is 37.1 Å². The van der Waals surface area contributed by atoms with Crippen LogP contribution in [-0.2, 0) is 9.84 Å². The molecule has 0 saturated heterocycles. The summed E-state index contributed by atoms with van der Waals surface area (Å²) in [6.45, 7) is 3.76. The molecule has 78 valence electrons. The van der Waals surface area contributed by atoms with E-state index in [-0.39, 0.29) is 6.04 Å². The van der Waals surface area contributed by atoms with Crippen LogP contribution in [-0.4, -0.2) is 14.7 Å². The number of nitrogens with two attached hydrogens (primary N) is 1. The third-order valence-corrected chi connectivity index (χ3v) is 3.28. The first kappa shape index (κ1) is 11.2. The monoisotopic (exact) mass is 213 g/mol. The van der Waals surface area contributed by atoms with Crippen LogP contribution in [0.2, 0.25) is 0 Å². The Kier molecular flexibility index (Phi) is 2.97. The second-order valence-electron chi connectivity index (χ2n) is 3.58. The molecule has 0 spiro atoms. The van der Waals surface area contributed by atoms with Gasteiger partial charge < -0.3 is 5.73 Å². The largest absolute Gasteiger partial charge is 0.324 e. The highest BCUT2D eigenvalue weighted by molar-refractivity contribution is 7.90. The minimum Gasteiger partial charge on any atom is -0.324 e. The molecule has 0 aromatic heterocycles. The molecule has 0 aliphatic rings. The Bertz CT molecular complexity index is 435. The number of hydrogen-bond acceptors (Lipinski definition) is 3. The van der Waals surface area contributed by atoms with Crippen LogP contribution < -0.4 is 5.73 Å². The van der Waals surface area contributed by atoms with Crippen LogP contribution in [0.5, 0.6) is 0 Å². The van der Waals surface area contributed by atoms with Crippen molar-refractivity contribution in [2.45, 2.75) is 24.8 Å². The average Bonchev–Trinajstić information content (AvgIpc) is 2.02. The summed E-state index contributed by atoms with van der Waals surface area (Å²) < 4.78 is 22.6. The van der Waals surface area contributed by atoms with E-state index in [1.54, 1.807) is 18.2 Å². The molecule has 0 bridgehead atoms. The zero-order valence-electron chi connectivity index (χ0n) is 8.61. The van der Waals surface area contributed by atoms with Gasteiger partial charge in [0, 0.05) is 12.3 Å². The van der Waals surface area contributed by atoms with Crippen LogP contribution in [0.3, 0.4) is 0 Å². The molecule has 0 saturated carbocycles. The van der Waals surface area contributed by atoms with Gasteiger partial charge in [0.15, 0.2) is 9.84 Å². The van der Waals surface area contributed by atoms with E-state index in [1.807, 2.05) is 13.8 Å². The third-order valence-electron chi connectivity index (χ3n) is 2.17. The highest BCUT2D eigenvalue weighted by Crippen LogP contribution is 2.19. The van der Waals surface area contributed by atoms with Gasteiger partial charge in [0.2, 0.25) is 0 Å². The van der Waals surface area contributed by atoms with Gasteiger partial charge in [-0.1, -0.05) is 6.07 Å². The number of aryl methyl sites for hydroxylation is 1. The fourth-order valence-corrected chi connectivity index (χ4v) is 2.00. The minimum atomic E-state index is -3.13. The van der Waals surface area contributed by atoms with Crippen molar-refractivity contribution in [1.82, 2.24) is 0 Å². The van der Waals surface area contributed by atoms with Crippen molar-refractivity contribution in [2.75, 3.05) is 6.26 Å². The van der Waals surface area contributed by atoms with Crippen molar-refractivity contribution in [3.8, 4) is 0 Å². The fraction of sp³-hybridized carbons (Fsp3) is 0.400. The van der Waals surface area contributed by atoms with Gasteiger partial charge in [-0.25, -0.2) is 8.42 Å². The summed E-state index contributed by atoms with van der Waals surface area (Å²) in [6.07, 6.45) is 1.20. The summed E-state index contributed by atoms with van der Waals surface area (Å²) in [4.78, 5) is 0.329. The second-order valence-corrected chi connectivity index (χ2v) is 5.59. The summed E-state index contributed by atoms with van der Waals surface area (Å²) in [5.41, 5.74) is 7.63. The van der Waals surface area contributed by atoms with Crippen LogP contribution in [0.1, 0.15) is 24.1 Å². The molecule has 14 heavy (non-hydrogen) atoms. The van der Waals surface area contributed by atoms with Crippen LogP contribution in [0, 0.1) is 6.92 Å². The molecular weight excluding hydrogens is 198 g/mol. The molecule has 0 amide bonds. The Hall–Kier alpha value is -0.870. The molecule has 2 N–H and O–H groups in total. The van der Waals surface area contributed by atoms with Crippen LogP contribution in [0.4, 0.5) is 0 Å². The summed E-state index contributed by atoms with van der Waals surface area (Å²) in [7, 11) is -3.13. The summed E-state index contributed by atoms with van der Waals surface area (Å²) in [5.74, 6) is 0. The van der Waals surface area contributed by atoms with E-state index in [9.17, 15) is 8.42 Å². The predicted octanol–water partition coefficient (Wildman–Crippen LogP) is 1.42. The first-order valence-electron chi connectivity index (χ1n) is 4.38. The maximum absolute atomic E-state index is 11.3. The van der Waals surface area contributed by atoms with Gasteiger partial charge >= 0.3 is 0 Å². The standard InChI is InChI=1S/C10H15NO2S/c1-7-4-5-9(14(3,12)13)6-10(7)8(2)11/h4-6,8H,11H2,1-3H3. The highest BCUT2D eigenvalue weighted by atomic mass is 32.2. The van der Waals surface area contributed by atoms with E-state index in [0.29, 0.717) is 4.90 Å². The molecule has 0 fully saturated rings. The lowest BCUT2D eigenvalue weighted by Gasteiger charge is -2.10. The first-order chi connectivity index (χ1) is 6.32. The summed E-state index contributed by atoms with van der Waals surface area (Å²) >= 11 is 0. The lowest BCUT2D eigenvalue weighted by molar-refractivity contribution is 0.601. The van der Waals surface area contributed by atoms with E-state index in [0.717, 1.165) is 11.1 Å². The van der Waals surface area contributed by atoms with Crippen molar-refractivity contribution in [2.24, 2.45) is 5.73 Å². The minimum absolute atomic E-state index is 0.142. The molecule has 0 aliphatic carbocycles. The van der Waals surface area contributed by atoms with Crippen LogP contribution >= 0.6 is 0 Å². The van der Waals surface area contributed by atoms with Crippen LogP contribution in [0.15, 0.2) is 23.1 Å². The molecule has 1 aromatic rings. The van der Waals surface area contributed by atoms with E-state index in [4.69, 9.17) is 5.73 Å². The molecule has 1 rings (SSSR count). The molecule has 3 nitrogen and oxygen atoms in total. The molecular formula is C10H15NO2S. The maximum Gasteiger partial charge on any atom is 0.175 e. The van der Waals surface area contributed by atoms with Gasteiger partial charge in [0.05, 0.1) is 4.90 Å². The Morgan fingerprint density at radius 3 is 2.36 bits per heavy atom. The summed E-state index contributed by atoms with van der Waals surface area (Å²) in [6, 6.07) is 4.90. The topological polar surface area (TPSA) is 60.2 Å². The Morgan fingerprint density at radius 2 is 1.93 bits per heavy atom. The van der Waals surface area contributed by atoms with Gasteiger partial charge in [-0.15, -0.1) is 0 Å². The van der Waals surface area contributed by atoms with Gasteiger partial charge in [-0.3, -0.25) is 0 Å². The quantitative estimate of drug-likeness (QED) is 0.808. The SMILES string of the molecule is Cc1ccc(S(C)(=O)=O)cc1C(C)N. The zero-order valence-corrected chi connectivity index (χ0v) is 9.43. The lowest BCUT2D eigenvalue weighted by Crippen LogP contribution is -2.08. The highest BCUT2D eigenvalue weighted by Gasteiger charge is 2.10. The smallest absolute Gasteiger partial charge is 0.175 e. The maximum atomic E-state index is 11.3. The molecule has 4 heteroatoms. The molecule has 0 heterocycles. The Balaban J connectivity index is 3.34. The molecule has 1 atom stereocenters. The predicted molar refractivity (Wildman–Crippen MR) is 56.9 cm³/mol. The zero-order chi connectivity index (χ0) is 10.9. The summed E-state index contributed by atoms with van der Waals surface area (Å²) in [5, 5.41) is 0. The average molecular weight is 213 g/mol. The van der Waals surface area contributed by atoms with E-state index in [1.165, 1.54) is 6.26 Å². The van der Waals surface area contributed by atoms with Crippen LogP contribution in [0.25, 0.3) is 0 Å². The number of rotatable bonds is 2. The van der Waals surface area contributed by atoms with Crippen molar-refractivity contribution >= 4 is 9.84 Å². The molecule has 0 radical (unpaired) electrons. The van der Waals surface area contributed by atoms with Gasteiger partial charge in [0.1, 0.15) is 0 Å². The van der Waals surface area contributed by atoms with Gasteiger partial charge in [-0.2, -0.15) is 0 Å².